The van der Waals surface area contributed by atoms with Crippen LogP contribution < -0.4 is 5.73 Å². The Morgan fingerprint density at radius 1 is 0.900 bits per heavy atom. The van der Waals surface area contributed by atoms with E-state index in [9.17, 15) is 0 Å². The number of nitrogens with zero attached hydrogens (tertiary/aromatic N) is 2. The fourth-order valence-corrected chi connectivity index (χ4v) is 2.53. The van der Waals surface area contributed by atoms with E-state index in [-0.39, 0.29) is 6.04 Å². The molecule has 0 bridgehead atoms. The molecule has 2 N–H and O–H groups in total. The van der Waals surface area contributed by atoms with Gasteiger partial charge in [-0.15, -0.1) is 0 Å². The quantitative estimate of drug-likeness (QED) is 0.771. The molecule has 3 aromatic rings. The molecule has 1 aromatic heterocycles. The third-order valence-electron chi connectivity index (χ3n) is 3.61. The van der Waals surface area contributed by atoms with Crippen LogP contribution in [0.5, 0.6) is 0 Å². The number of aryl methyl sites for hydroxylation is 2. The normalized spacial score (nSPS) is 12.6. The summed E-state index contributed by atoms with van der Waals surface area (Å²) in [7, 11) is 0. The standard InChI is InChI=1S/C17H17N3/c1-11-3-5-14(12(2)9-11)17(18)13-4-6-15-16(10-13)20-8-7-19-15/h3-10,17H,18H2,1-2H3. The summed E-state index contributed by atoms with van der Waals surface area (Å²) in [6, 6.07) is 12.3. The predicted molar refractivity (Wildman–Crippen MR) is 81.5 cm³/mol. The molecule has 0 aliphatic heterocycles. The molecular weight excluding hydrogens is 246 g/mol. The third-order valence-corrected chi connectivity index (χ3v) is 3.61. The Hall–Kier alpha value is -2.26. The third kappa shape index (κ3) is 2.28. The first kappa shape index (κ1) is 12.8. The van der Waals surface area contributed by atoms with E-state index in [2.05, 4.69) is 42.0 Å². The van der Waals surface area contributed by atoms with Gasteiger partial charge in [0.2, 0.25) is 0 Å². The van der Waals surface area contributed by atoms with Gasteiger partial charge in [-0.1, -0.05) is 29.8 Å². The first-order valence-electron chi connectivity index (χ1n) is 6.68. The smallest absolute Gasteiger partial charge is 0.0890 e. The molecule has 100 valence electrons. The highest BCUT2D eigenvalue weighted by Gasteiger charge is 2.12. The van der Waals surface area contributed by atoms with Crippen molar-refractivity contribution in [3.8, 4) is 0 Å². The van der Waals surface area contributed by atoms with Crippen molar-refractivity contribution < 1.29 is 0 Å². The number of nitrogens with two attached hydrogens (primary N) is 1. The second-order valence-corrected chi connectivity index (χ2v) is 5.14. The van der Waals surface area contributed by atoms with Gasteiger partial charge in [0.25, 0.3) is 0 Å². The van der Waals surface area contributed by atoms with Crippen LogP contribution in [0.15, 0.2) is 48.8 Å². The highest BCUT2D eigenvalue weighted by Crippen LogP contribution is 2.25. The van der Waals surface area contributed by atoms with Crippen LogP contribution >= 0.6 is 0 Å². The molecule has 0 aliphatic rings. The number of rotatable bonds is 2. The molecule has 3 nitrogen and oxygen atoms in total. The molecule has 0 aliphatic carbocycles. The lowest BCUT2D eigenvalue weighted by molar-refractivity contribution is 0.862. The van der Waals surface area contributed by atoms with Crippen molar-refractivity contribution in [2.75, 3.05) is 0 Å². The maximum atomic E-state index is 6.41. The Morgan fingerprint density at radius 2 is 1.65 bits per heavy atom. The number of aromatic nitrogens is 2. The van der Waals surface area contributed by atoms with Crippen molar-refractivity contribution in [3.05, 3.63) is 71.0 Å². The molecule has 1 unspecified atom stereocenters. The Labute approximate surface area is 118 Å². The van der Waals surface area contributed by atoms with Gasteiger partial charge in [0.05, 0.1) is 17.1 Å². The second-order valence-electron chi connectivity index (χ2n) is 5.14. The molecule has 0 saturated heterocycles. The summed E-state index contributed by atoms with van der Waals surface area (Å²) in [5.41, 5.74) is 12.9. The number of hydrogen-bond donors (Lipinski definition) is 1. The molecule has 0 saturated carbocycles. The largest absolute Gasteiger partial charge is 0.320 e. The zero-order valence-electron chi connectivity index (χ0n) is 11.7. The molecule has 3 heteroatoms. The Kier molecular flexibility index (Phi) is 3.20. The molecule has 1 atom stereocenters. The molecule has 1 heterocycles. The van der Waals surface area contributed by atoms with Crippen molar-refractivity contribution in [3.63, 3.8) is 0 Å². The minimum Gasteiger partial charge on any atom is -0.320 e. The van der Waals surface area contributed by atoms with E-state index < -0.39 is 0 Å². The first-order valence-corrected chi connectivity index (χ1v) is 6.68. The maximum Gasteiger partial charge on any atom is 0.0890 e. The van der Waals surface area contributed by atoms with Crippen LogP contribution in [0.25, 0.3) is 11.0 Å². The lowest BCUT2D eigenvalue weighted by atomic mass is 9.94. The van der Waals surface area contributed by atoms with E-state index in [0.717, 1.165) is 22.2 Å². The lowest BCUT2D eigenvalue weighted by Crippen LogP contribution is -2.13. The fourth-order valence-electron chi connectivity index (χ4n) is 2.53. The molecule has 3 rings (SSSR count). The lowest BCUT2D eigenvalue weighted by Gasteiger charge is -2.16. The van der Waals surface area contributed by atoms with Gasteiger partial charge in [0.15, 0.2) is 0 Å². The minimum atomic E-state index is -0.137. The molecule has 0 radical (unpaired) electrons. The van der Waals surface area contributed by atoms with Crippen molar-refractivity contribution >= 4 is 11.0 Å². The van der Waals surface area contributed by atoms with E-state index in [1.54, 1.807) is 12.4 Å². The summed E-state index contributed by atoms with van der Waals surface area (Å²) in [6.07, 6.45) is 3.40. The van der Waals surface area contributed by atoms with E-state index in [1.165, 1.54) is 11.1 Å². The van der Waals surface area contributed by atoms with Crippen LogP contribution in [0.3, 0.4) is 0 Å². The van der Waals surface area contributed by atoms with E-state index in [4.69, 9.17) is 5.73 Å². The van der Waals surface area contributed by atoms with Gasteiger partial charge in [0.1, 0.15) is 0 Å². The van der Waals surface area contributed by atoms with Crippen molar-refractivity contribution in [2.24, 2.45) is 5.73 Å². The molecule has 0 amide bonds. The molecule has 2 aromatic carbocycles. The van der Waals surface area contributed by atoms with Crippen LogP contribution in [0.4, 0.5) is 0 Å². The SMILES string of the molecule is Cc1ccc(C(N)c2ccc3nccnc3c2)c(C)c1. The molecule has 0 fully saturated rings. The summed E-state index contributed by atoms with van der Waals surface area (Å²) in [6.45, 7) is 4.19. The fraction of sp³-hybridized carbons (Fsp3) is 0.176. The summed E-state index contributed by atoms with van der Waals surface area (Å²) in [5, 5.41) is 0. The van der Waals surface area contributed by atoms with Crippen molar-refractivity contribution in [1.82, 2.24) is 9.97 Å². The van der Waals surface area contributed by atoms with Crippen LogP contribution in [0.1, 0.15) is 28.3 Å². The minimum absolute atomic E-state index is 0.137. The second kappa shape index (κ2) is 5.02. The van der Waals surface area contributed by atoms with Crippen LogP contribution in [0, 0.1) is 13.8 Å². The summed E-state index contributed by atoms with van der Waals surface area (Å²) in [4.78, 5) is 8.62. The summed E-state index contributed by atoms with van der Waals surface area (Å²) < 4.78 is 0. The van der Waals surface area contributed by atoms with Crippen molar-refractivity contribution in [1.29, 1.82) is 0 Å². The van der Waals surface area contributed by atoms with Gasteiger partial charge in [-0.3, -0.25) is 9.97 Å². The highest BCUT2D eigenvalue weighted by molar-refractivity contribution is 5.74. The molecule has 20 heavy (non-hydrogen) atoms. The predicted octanol–water partition coefficient (Wildman–Crippen LogP) is 3.29. The van der Waals surface area contributed by atoms with Crippen LogP contribution in [-0.2, 0) is 0 Å². The summed E-state index contributed by atoms with van der Waals surface area (Å²) >= 11 is 0. The van der Waals surface area contributed by atoms with Crippen LogP contribution in [0.2, 0.25) is 0 Å². The van der Waals surface area contributed by atoms with E-state index >= 15 is 0 Å². The monoisotopic (exact) mass is 263 g/mol. The van der Waals surface area contributed by atoms with Gasteiger partial charge in [-0.25, -0.2) is 0 Å². The Bertz CT molecular complexity index is 765. The van der Waals surface area contributed by atoms with Crippen LogP contribution in [-0.4, -0.2) is 9.97 Å². The molecular formula is C17H17N3. The average molecular weight is 263 g/mol. The maximum absolute atomic E-state index is 6.41. The van der Waals surface area contributed by atoms with Gasteiger partial charge in [-0.05, 0) is 42.7 Å². The highest BCUT2D eigenvalue weighted by atomic mass is 14.8. The average Bonchev–Trinajstić information content (AvgIpc) is 2.46. The Balaban J connectivity index is 2.05. The van der Waals surface area contributed by atoms with Gasteiger partial charge in [-0.2, -0.15) is 0 Å². The molecule has 0 spiro atoms. The van der Waals surface area contributed by atoms with Gasteiger partial charge < -0.3 is 5.73 Å². The van der Waals surface area contributed by atoms with Crippen molar-refractivity contribution in [2.45, 2.75) is 19.9 Å². The number of fused-ring (bicyclic) bond motifs is 1. The number of benzene rings is 2. The first-order chi connectivity index (χ1) is 9.65. The number of hydrogen-bond acceptors (Lipinski definition) is 3. The Morgan fingerprint density at radius 3 is 2.40 bits per heavy atom. The van der Waals surface area contributed by atoms with E-state index in [0.29, 0.717) is 0 Å². The zero-order chi connectivity index (χ0) is 14.1. The van der Waals surface area contributed by atoms with Gasteiger partial charge in [0, 0.05) is 12.4 Å². The van der Waals surface area contributed by atoms with Gasteiger partial charge >= 0.3 is 0 Å². The zero-order valence-corrected chi connectivity index (χ0v) is 11.7. The summed E-state index contributed by atoms with van der Waals surface area (Å²) in [5.74, 6) is 0. The topological polar surface area (TPSA) is 51.8 Å². The van der Waals surface area contributed by atoms with E-state index in [1.807, 2.05) is 18.2 Å².